The number of H-pyrrole nitrogens is 1. The van der Waals surface area contributed by atoms with Gasteiger partial charge in [-0.05, 0) is 84.3 Å². The van der Waals surface area contributed by atoms with E-state index in [1.165, 1.54) is 6.07 Å². The zero-order valence-corrected chi connectivity index (χ0v) is 21.2. The predicted molar refractivity (Wildman–Crippen MR) is 132 cm³/mol. The molecular formula is C25H29F3N6O2S. The minimum atomic E-state index is -4.87. The number of nitrogens with two attached hydrogens (primary N) is 1. The second-order valence-electron chi connectivity index (χ2n) is 10.0. The Hall–Kier alpha value is -2.83. The zero-order valence-electron chi connectivity index (χ0n) is 20.4. The van der Waals surface area contributed by atoms with Crippen LogP contribution in [0.2, 0.25) is 0 Å². The van der Waals surface area contributed by atoms with Gasteiger partial charge in [-0.1, -0.05) is 30.3 Å². The molecule has 0 bridgehead atoms. The maximum absolute atomic E-state index is 13.8. The molecule has 1 aliphatic carbocycles. The van der Waals surface area contributed by atoms with Crippen molar-refractivity contribution in [3.8, 4) is 22.5 Å². The van der Waals surface area contributed by atoms with Gasteiger partial charge < -0.3 is 10.6 Å². The number of aromatic amines is 1. The number of tetrazole rings is 1. The van der Waals surface area contributed by atoms with Crippen molar-refractivity contribution >= 4 is 9.84 Å². The quantitative estimate of drug-likeness (QED) is 0.508. The Bertz CT molecular complexity index is 1350. The number of halogens is 3. The van der Waals surface area contributed by atoms with Crippen LogP contribution in [0, 0.1) is 0 Å². The molecular weight excluding hydrogens is 505 g/mol. The van der Waals surface area contributed by atoms with Crippen LogP contribution in [0.5, 0.6) is 0 Å². The number of aromatic nitrogens is 4. The first-order valence-electron chi connectivity index (χ1n) is 12.3. The Kier molecular flexibility index (Phi) is 6.84. The van der Waals surface area contributed by atoms with Crippen LogP contribution in [0.1, 0.15) is 49.1 Å². The lowest BCUT2D eigenvalue weighted by Gasteiger charge is -2.36. The van der Waals surface area contributed by atoms with Crippen LogP contribution in [-0.2, 0) is 16.0 Å². The van der Waals surface area contributed by atoms with Crippen LogP contribution in [0.3, 0.4) is 0 Å². The van der Waals surface area contributed by atoms with E-state index in [0.717, 1.165) is 63.1 Å². The molecule has 2 fully saturated rings. The lowest BCUT2D eigenvalue weighted by atomic mass is 9.87. The van der Waals surface area contributed by atoms with Gasteiger partial charge in [0.15, 0.2) is 15.7 Å². The van der Waals surface area contributed by atoms with Crippen LogP contribution < -0.4 is 5.73 Å². The van der Waals surface area contributed by atoms with E-state index in [9.17, 15) is 21.6 Å². The Morgan fingerprint density at radius 2 is 1.73 bits per heavy atom. The number of sulfone groups is 1. The van der Waals surface area contributed by atoms with Gasteiger partial charge in [-0.15, -0.1) is 5.10 Å². The highest BCUT2D eigenvalue weighted by atomic mass is 32.2. The molecule has 12 heteroatoms. The van der Waals surface area contributed by atoms with E-state index in [4.69, 9.17) is 5.73 Å². The van der Waals surface area contributed by atoms with E-state index in [1.807, 2.05) is 24.3 Å². The highest BCUT2D eigenvalue weighted by Crippen LogP contribution is 2.43. The molecule has 0 spiro atoms. The first-order valence-corrected chi connectivity index (χ1v) is 14.2. The summed E-state index contributed by atoms with van der Waals surface area (Å²) in [6.07, 6.45) is 1.24. The van der Waals surface area contributed by atoms with Crippen molar-refractivity contribution in [2.75, 3.05) is 19.3 Å². The third-order valence-corrected chi connectivity index (χ3v) is 8.77. The molecule has 0 amide bonds. The number of alkyl halides is 3. The van der Waals surface area contributed by atoms with Crippen molar-refractivity contribution in [2.45, 2.75) is 61.2 Å². The molecule has 2 heterocycles. The van der Waals surface area contributed by atoms with Crippen molar-refractivity contribution in [3.63, 3.8) is 0 Å². The third kappa shape index (κ3) is 5.27. The van der Waals surface area contributed by atoms with E-state index in [0.29, 0.717) is 29.1 Å². The number of benzene rings is 2. The number of nitrogens with one attached hydrogen (secondary N) is 1. The normalized spacial score (nSPS) is 22.0. The maximum atomic E-state index is 13.8. The number of hydrogen-bond acceptors (Lipinski definition) is 7. The molecule has 2 aliphatic rings. The van der Waals surface area contributed by atoms with E-state index < -0.39 is 26.5 Å². The van der Waals surface area contributed by atoms with Gasteiger partial charge >= 0.3 is 6.18 Å². The number of likely N-dealkylation sites (tertiary alicyclic amines) is 1. The molecule has 2 unspecified atom stereocenters. The van der Waals surface area contributed by atoms with Crippen molar-refractivity contribution < 1.29 is 21.6 Å². The van der Waals surface area contributed by atoms with Gasteiger partial charge in [0.05, 0.1) is 10.5 Å². The van der Waals surface area contributed by atoms with Crippen LogP contribution >= 0.6 is 0 Å². The number of piperidine rings is 1. The lowest BCUT2D eigenvalue weighted by molar-refractivity contribution is -0.139. The van der Waals surface area contributed by atoms with Crippen molar-refractivity contribution in [1.29, 1.82) is 0 Å². The van der Waals surface area contributed by atoms with Crippen molar-refractivity contribution in [2.24, 2.45) is 5.73 Å². The third-order valence-electron chi connectivity index (χ3n) is 7.60. The van der Waals surface area contributed by atoms with Gasteiger partial charge in [0, 0.05) is 23.9 Å². The molecule has 3 aromatic rings. The summed E-state index contributed by atoms with van der Waals surface area (Å²) in [5, 5.41) is 13.1. The molecule has 1 aromatic heterocycles. The standard InChI is InChI=1S/C25H29F3N6O2S/c1-37(35,36)23-21(25(26,27)28)9-8-20(22(23)24-30-32-33-31-24)17-4-2-15(3-5-17)16-10-12-34(13-11-16)19-7-6-18(29)14-19/h2-5,8-9,16,18-19H,6-7,10-14,29H2,1H3,(H,30,31,32,33). The molecule has 2 aromatic carbocycles. The average molecular weight is 535 g/mol. The van der Waals surface area contributed by atoms with E-state index in [1.54, 1.807) is 0 Å². The van der Waals surface area contributed by atoms with Gasteiger partial charge in [-0.3, -0.25) is 0 Å². The fourth-order valence-electron chi connectivity index (χ4n) is 5.79. The van der Waals surface area contributed by atoms with E-state index in [-0.39, 0.29) is 11.4 Å². The average Bonchev–Trinajstić information content (AvgIpc) is 3.54. The lowest BCUT2D eigenvalue weighted by Crippen LogP contribution is -2.40. The smallest absolute Gasteiger partial charge is 0.328 e. The van der Waals surface area contributed by atoms with Gasteiger partial charge in [-0.25, -0.2) is 13.5 Å². The fourth-order valence-corrected chi connectivity index (χ4v) is 6.95. The fraction of sp³-hybridized carbons (Fsp3) is 0.480. The number of rotatable bonds is 5. The van der Waals surface area contributed by atoms with Crippen molar-refractivity contribution in [1.82, 2.24) is 25.5 Å². The first-order chi connectivity index (χ1) is 17.5. The summed E-state index contributed by atoms with van der Waals surface area (Å²) < 4.78 is 66.6. The van der Waals surface area contributed by atoms with Crippen LogP contribution in [0.25, 0.3) is 22.5 Å². The Balaban J connectivity index is 1.46. The minimum absolute atomic E-state index is 0.149. The highest BCUT2D eigenvalue weighted by Gasteiger charge is 2.39. The molecule has 1 saturated carbocycles. The van der Waals surface area contributed by atoms with E-state index >= 15 is 0 Å². The highest BCUT2D eigenvalue weighted by molar-refractivity contribution is 7.91. The molecule has 5 rings (SSSR count). The summed E-state index contributed by atoms with van der Waals surface area (Å²) >= 11 is 0. The molecule has 1 aliphatic heterocycles. The second kappa shape index (κ2) is 9.80. The molecule has 1 saturated heterocycles. The molecule has 3 N–H and O–H groups in total. The first kappa shape index (κ1) is 25.8. The van der Waals surface area contributed by atoms with Gasteiger partial charge in [-0.2, -0.15) is 13.2 Å². The topological polar surface area (TPSA) is 118 Å². The predicted octanol–water partition coefficient (Wildman–Crippen LogP) is 4.02. The Labute approximate surface area is 213 Å². The largest absolute Gasteiger partial charge is 0.417 e. The summed E-state index contributed by atoms with van der Waals surface area (Å²) in [6, 6.07) is 10.5. The number of nitrogens with zero attached hydrogens (tertiary/aromatic N) is 4. The summed E-state index contributed by atoms with van der Waals surface area (Å²) in [6.45, 7) is 2.03. The van der Waals surface area contributed by atoms with Gasteiger partial charge in [0.2, 0.25) is 0 Å². The Morgan fingerprint density at radius 1 is 1.03 bits per heavy atom. The van der Waals surface area contributed by atoms with E-state index in [2.05, 4.69) is 25.5 Å². The summed E-state index contributed by atoms with van der Waals surface area (Å²) in [5.74, 6) is 0.238. The van der Waals surface area contributed by atoms with Crippen LogP contribution in [0.4, 0.5) is 13.2 Å². The minimum Gasteiger partial charge on any atom is -0.328 e. The second-order valence-corrected chi connectivity index (χ2v) is 12.0. The SMILES string of the molecule is CS(=O)(=O)c1c(C(F)(F)F)ccc(-c2ccc(C3CCN(C4CCC(N)C4)CC3)cc2)c1-c1nnn[nH]1. The van der Waals surface area contributed by atoms with Gasteiger partial charge in [0.1, 0.15) is 0 Å². The van der Waals surface area contributed by atoms with Crippen molar-refractivity contribution in [3.05, 3.63) is 47.5 Å². The van der Waals surface area contributed by atoms with Crippen LogP contribution in [-0.4, -0.2) is 65.4 Å². The monoisotopic (exact) mass is 534 g/mol. The molecule has 198 valence electrons. The molecule has 0 radical (unpaired) electrons. The number of hydrogen-bond donors (Lipinski definition) is 2. The molecule has 8 nitrogen and oxygen atoms in total. The molecule has 37 heavy (non-hydrogen) atoms. The zero-order chi connectivity index (χ0) is 26.4. The summed E-state index contributed by atoms with van der Waals surface area (Å²) in [7, 11) is -4.29. The summed E-state index contributed by atoms with van der Waals surface area (Å²) in [4.78, 5) is 1.70. The summed E-state index contributed by atoms with van der Waals surface area (Å²) in [5.41, 5.74) is 6.67. The Morgan fingerprint density at radius 3 is 2.27 bits per heavy atom. The van der Waals surface area contributed by atoms with Gasteiger partial charge in [0.25, 0.3) is 0 Å². The maximum Gasteiger partial charge on any atom is 0.417 e. The molecule has 2 atom stereocenters. The van der Waals surface area contributed by atoms with Crippen LogP contribution in [0.15, 0.2) is 41.3 Å².